The number of piperazine rings is 1. The Hall–Kier alpha value is -1.63. The zero-order chi connectivity index (χ0) is 14.8. The average Bonchev–Trinajstić information content (AvgIpc) is 2.98. The lowest BCUT2D eigenvalue weighted by atomic mass is 10.1. The minimum absolute atomic E-state index is 0.386. The summed E-state index contributed by atoms with van der Waals surface area (Å²) >= 11 is 6.15. The van der Waals surface area contributed by atoms with Gasteiger partial charge in [0.05, 0.1) is 0 Å². The first-order valence-corrected chi connectivity index (χ1v) is 7.30. The van der Waals surface area contributed by atoms with Gasteiger partial charge in [-0.15, -0.1) is 0 Å². The summed E-state index contributed by atoms with van der Waals surface area (Å²) < 4.78 is 5.32. The van der Waals surface area contributed by atoms with Crippen molar-refractivity contribution in [1.82, 2.24) is 15.0 Å². The molecular weight excluding hydrogens is 290 g/mol. The quantitative estimate of drug-likeness (QED) is 0.927. The normalized spacial score (nSPS) is 18.0. The van der Waals surface area contributed by atoms with Crippen molar-refractivity contribution in [3.05, 3.63) is 40.7 Å². The summed E-state index contributed by atoms with van der Waals surface area (Å²) in [7, 11) is 2.10. The maximum atomic E-state index is 6.17. The first kappa shape index (κ1) is 14.3. The minimum atomic E-state index is -0.507. The van der Waals surface area contributed by atoms with Crippen molar-refractivity contribution < 1.29 is 4.52 Å². The minimum Gasteiger partial charge on any atom is -0.336 e. The van der Waals surface area contributed by atoms with E-state index in [1.807, 2.05) is 18.2 Å². The van der Waals surface area contributed by atoms with Gasteiger partial charge in [0.15, 0.2) is 0 Å². The second-order valence-corrected chi connectivity index (χ2v) is 5.63. The van der Waals surface area contributed by atoms with Crippen molar-refractivity contribution >= 4 is 17.5 Å². The molecule has 21 heavy (non-hydrogen) atoms. The number of benzene rings is 1. The largest absolute Gasteiger partial charge is 0.336 e. The zero-order valence-corrected chi connectivity index (χ0v) is 12.6. The summed E-state index contributed by atoms with van der Waals surface area (Å²) in [5.74, 6) is 0.984. The number of rotatable bonds is 3. The summed E-state index contributed by atoms with van der Waals surface area (Å²) in [4.78, 5) is 8.80. The highest BCUT2D eigenvalue weighted by atomic mass is 35.5. The van der Waals surface area contributed by atoms with Crippen LogP contribution >= 0.6 is 11.6 Å². The average molecular weight is 308 g/mol. The van der Waals surface area contributed by atoms with Crippen LogP contribution in [0.4, 0.5) is 5.95 Å². The second-order valence-electron chi connectivity index (χ2n) is 5.22. The lowest BCUT2D eigenvalue weighted by molar-refractivity contribution is 0.308. The van der Waals surface area contributed by atoms with Gasteiger partial charge >= 0.3 is 0 Å². The molecule has 2 aromatic rings. The van der Waals surface area contributed by atoms with Gasteiger partial charge in [-0.05, 0) is 23.8 Å². The molecule has 3 rings (SSSR count). The molecule has 112 valence electrons. The van der Waals surface area contributed by atoms with Crippen molar-refractivity contribution in [3.63, 3.8) is 0 Å². The maximum absolute atomic E-state index is 6.17. The Morgan fingerprint density at radius 2 is 1.95 bits per heavy atom. The van der Waals surface area contributed by atoms with Gasteiger partial charge in [0, 0.05) is 31.2 Å². The zero-order valence-electron chi connectivity index (χ0n) is 11.9. The third-order valence-electron chi connectivity index (χ3n) is 3.72. The van der Waals surface area contributed by atoms with Crippen molar-refractivity contribution in [2.75, 3.05) is 38.1 Å². The van der Waals surface area contributed by atoms with Crippen LogP contribution in [-0.2, 0) is 0 Å². The summed E-state index contributed by atoms with van der Waals surface area (Å²) in [5.41, 5.74) is 6.96. The molecule has 1 aromatic carbocycles. The van der Waals surface area contributed by atoms with Crippen molar-refractivity contribution in [1.29, 1.82) is 0 Å². The smallest absolute Gasteiger partial charge is 0.266 e. The number of halogens is 1. The SMILES string of the molecule is CN1CCN(c2noc([C@H](N)c3ccccc3Cl)n2)CC1. The Bertz CT molecular complexity index is 609. The van der Waals surface area contributed by atoms with Gasteiger partial charge in [0.2, 0.25) is 5.89 Å². The molecule has 2 heterocycles. The summed E-state index contributed by atoms with van der Waals surface area (Å²) in [6, 6.07) is 6.91. The summed E-state index contributed by atoms with van der Waals surface area (Å²) in [6.45, 7) is 3.74. The van der Waals surface area contributed by atoms with E-state index in [9.17, 15) is 0 Å². The van der Waals surface area contributed by atoms with Gasteiger partial charge in [-0.25, -0.2) is 0 Å². The topological polar surface area (TPSA) is 71.4 Å². The fourth-order valence-corrected chi connectivity index (χ4v) is 2.60. The lowest BCUT2D eigenvalue weighted by Gasteiger charge is -2.31. The molecular formula is C14H18ClN5O. The monoisotopic (exact) mass is 307 g/mol. The third kappa shape index (κ3) is 3.02. The number of nitrogens with two attached hydrogens (primary N) is 1. The molecule has 0 spiro atoms. The second kappa shape index (κ2) is 6.01. The van der Waals surface area contributed by atoms with E-state index >= 15 is 0 Å². The Morgan fingerprint density at radius 1 is 1.24 bits per heavy atom. The number of hydrogen-bond donors (Lipinski definition) is 1. The van der Waals surface area contributed by atoms with Crippen LogP contribution in [-0.4, -0.2) is 48.3 Å². The van der Waals surface area contributed by atoms with Crippen molar-refractivity contribution in [3.8, 4) is 0 Å². The fourth-order valence-electron chi connectivity index (χ4n) is 2.35. The molecule has 1 fully saturated rings. The van der Waals surface area contributed by atoms with E-state index in [2.05, 4.69) is 27.0 Å². The van der Waals surface area contributed by atoms with E-state index in [-0.39, 0.29) is 0 Å². The molecule has 0 bridgehead atoms. The summed E-state index contributed by atoms with van der Waals surface area (Å²) in [5, 5.41) is 4.64. The van der Waals surface area contributed by atoms with Crippen molar-refractivity contribution in [2.45, 2.75) is 6.04 Å². The van der Waals surface area contributed by atoms with Crippen LogP contribution < -0.4 is 10.6 Å². The highest BCUT2D eigenvalue weighted by Crippen LogP contribution is 2.26. The predicted octanol–water partition coefficient (Wildman–Crippen LogP) is 1.52. The van der Waals surface area contributed by atoms with E-state index in [4.69, 9.17) is 21.9 Å². The van der Waals surface area contributed by atoms with Crippen LogP contribution in [0.5, 0.6) is 0 Å². The molecule has 7 heteroatoms. The highest BCUT2D eigenvalue weighted by molar-refractivity contribution is 6.31. The van der Waals surface area contributed by atoms with Gasteiger partial charge in [-0.2, -0.15) is 4.98 Å². The molecule has 1 aliphatic heterocycles. The van der Waals surface area contributed by atoms with Gasteiger partial charge in [-0.1, -0.05) is 29.8 Å². The molecule has 0 unspecified atom stereocenters. The number of hydrogen-bond acceptors (Lipinski definition) is 6. The molecule has 2 N–H and O–H groups in total. The fraction of sp³-hybridized carbons (Fsp3) is 0.429. The van der Waals surface area contributed by atoms with Crippen molar-refractivity contribution in [2.24, 2.45) is 5.73 Å². The molecule has 1 aliphatic rings. The molecule has 1 aromatic heterocycles. The molecule has 6 nitrogen and oxygen atoms in total. The molecule has 1 saturated heterocycles. The van der Waals surface area contributed by atoms with E-state index in [1.165, 1.54) is 0 Å². The van der Waals surface area contributed by atoms with Crippen LogP contribution in [0.1, 0.15) is 17.5 Å². The first-order chi connectivity index (χ1) is 10.1. The Balaban J connectivity index is 1.77. The van der Waals surface area contributed by atoms with Crippen LogP contribution in [0, 0.1) is 0 Å². The number of nitrogens with zero attached hydrogens (tertiary/aromatic N) is 4. The standard InChI is InChI=1S/C14H18ClN5O/c1-19-6-8-20(9-7-19)14-17-13(21-18-14)12(16)10-4-2-3-5-11(10)15/h2-5,12H,6-9,16H2,1H3/t12-/m1/s1. The van der Waals surface area contributed by atoms with E-state index in [0.29, 0.717) is 16.9 Å². The van der Waals surface area contributed by atoms with E-state index < -0.39 is 6.04 Å². The molecule has 0 radical (unpaired) electrons. The number of anilines is 1. The van der Waals surface area contributed by atoms with Gasteiger partial charge < -0.3 is 20.1 Å². The Morgan fingerprint density at radius 3 is 2.67 bits per heavy atom. The number of likely N-dealkylation sites (N-methyl/N-ethyl adjacent to an activating group) is 1. The van der Waals surface area contributed by atoms with E-state index in [0.717, 1.165) is 31.7 Å². The van der Waals surface area contributed by atoms with Gasteiger partial charge in [0.25, 0.3) is 5.95 Å². The predicted molar refractivity (Wildman–Crippen MR) is 81.5 cm³/mol. The Kier molecular flexibility index (Phi) is 4.10. The van der Waals surface area contributed by atoms with Gasteiger partial charge in [0.1, 0.15) is 6.04 Å². The molecule has 0 aliphatic carbocycles. The first-order valence-electron chi connectivity index (χ1n) is 6.92. The van der Waals surface area contributed by atoms with Gasteiger partial charge in [-0.3, -0.25) is 0 Å². The van der Waals surface area contributed by atoms with Crippen LogP contribution in [0.25, 0.3) is 0 Å². The molecule has 0 saturated carbocycles. The third-order valence-corrected chi connectivity index (χ3v) is 4.07. The highest BCUT2D eigenvalue weighted by Gasteiger charge is 2.23. The van der Waals surface area contributed by atoms with E-state index in [1.54, 1.807) is 6.07 Å². The Labute approximate surface area is 128 Å². The lowest BCUT2D eigenvalue weighted by Crippen LogP contribution is -2.44. The van der Waals surface area contributed by atoms with Crippen LogP contribution in [0.3, 0.4) is 0 Å². The maximum Gasteiger partial charge on any atom is 0.266 e. The van der Waals surface area contributed by atoms with Crippen LogP contribution in [0.15, 0.2) is 28.8 Å². The number of aromatic nitrogens is 2. The molecule has 1 atom stereocenters. The summed E-state index contributed by atoms with van der Waals surface area (Å²) in [6.07, 6.45) is 0. The van der Waals surface area contributed by atoms with Crippen LogP contribution in [0.2, 0.25) is 5.02 Å². The molecule has 0 amide bonds.